The SMILES string of the molecule is CN=C(NCCCN(C)C1CCCCC1)NCC1CC(=O)N(CCc2ccccc2)C1. The Kier molecular flexibility index (Phi) is 9.66. The van der Waals surface area contributed by atoms with Gasteiger partial charge in [-0.3, -0.25) is 9.79 Å². The van der Waals surface area contributed by atoms with E-state index in [4.69, 9.17) is 0 Å². The molecular weight excluding hydrogens is 386 g/mol. The molecule has 1 unspecified atom stereocenters. The molecule has 1 aliphatic carbocycles. The standard InChI is InChI=1S/C25H41N5O/c1-26-25(27-15-9-16-29(2)23-12-7-4-8-13-23)28-19-22-18-24(31)30(20-22)17-14-21-10-5-3-6-11-21/h3,5-6,10-11,22-23H,4,7-9,12-20H2,1-2H3,(H2,26,27,28). The van der Waals surface area contributed by atoms with E-state index in [-0.39, 0.29) is 5.91 Å². The molecule has 2 fully saturated rings. The van der Waals surface area contributed by atoms with Gasteiger partial charge in [0.15, 0.2) is 5.96 Å². The third-order valence-corrected chi connectivity index (χ3v) is 6.77. The summed E-state index contributed by atoms with van der Waals surface area (Å²) in [6.45, 7) is 4.48. The Morgan fingerprint density at radius 3 is 2.68 bits per heavy atom. The second-order valence-corrected chi connectivity index (χ2v) is 9.15. The van der Waals surface area contributed by atoms with E-state index in [1.807, 2.05) is 18.0 Å². The van der Waals surface area contributed by atoms with Crippen LogP contribution in [0.4, 0.5) is 0 Å². The largest absolute Gasteiger partial charge is 0.356 e. The lowest BCUT2D eigenvalue weighted by Gasteiger charge is -2.31. The van der Waals surface area contributed by atoms with Gasteiger partial charge in [-0.05, 0) is 44.8 Å². The summed E-state index contributed by atoms with van der Waals surface area (Å²) < 4.78 is 0. The van der Waals surface area contributed by atoms with Gasteiger partial charge in [0.1, 0.15) is 0 Å². The molecule has 1 amide bonds. The van der Waals surface area contributed by atoms with Gasteiger partial charge in [-0.1, -0.05) is 49.6 Å². The second kappa shape index (κ2) is 12.7. The maximum absolute atomic E-state index is 12.4. The molecule has 172 valence electrons. The number of nitrogens with one attached hydrogen (secondary N) is 2. The van der Waals surface area contributed by atoms with Crippen LogP contribution < -0.4 is 10.6 Å². The molecule has 1 aromatic carbocycles. The van der Waals surface area contributed by atoms with E-state index in [0.717, 1.165) is 57.6 Å². The fourth-order valence-electron chi connectivity index (χ4n) is 4.82. The van der Waals surface area contributed by atoms with Crippen molar-refractivity contribution in [2.45, 2.75) is 57.4 Å². The molecule has 0 bridgehead atoms. The van der Waals surface area contributed by atoms with E-state index in [9.17, 15) is 4.79 Å². The van der Waals surface area contributed by atoms with E-state index in [0.29, 0.717) is 12.3 Å². The molecule has 2 N–H and O–H groups in total. The summed E-state index contributed by atoms with van der Waals surface area (Å²) in [5.41, 5.74) is 1.29. The summed E-state index contributed by atoms with van der Waals surface area (Å²) in [5, 5.41) is 6.86. The number of aliphatic imine (C=N–C) groups is 1. The number of hydrogen-bond donors (Lipinski definition) is 2. The lowest BCUT2D eigenvalue weighted by atomic mass is 9.94. The lowest BCUT2D eigenvalue weighted by Crippen LogP contribution is -2.41. The van der Waals surface area contributed by atoms with Crippen LogP contribution in [0.5, 0.6) is 0 Å². The highest BCUT2D eigenvalue weighted by Gasteiger charge is 2.29. The minimum Gasteiger partial charge on any atom is -0.356 e. The Bertz CT molecular complexity index is 686. The molecule has 1 saturated carbocycles. The molecule has 0 radical (unpaired) electrons. The number of amides is 1. The highest BCUT2D eigenvalue weighted by atomic mass is 16.2. The van der Waals surface area contributed by atoms with Crippen LogP contribution in [0.25, 0.3) is 0 Å². The first-order valence-corrected chi connectivity index (χ1v) is 12.1. The van der Waals surface area contributed by atoms with Crippen molar-refractivity contribution in [3.8, 4) is 0 Å². The summed E-state index contributed by atoms with van der Waals surface area (Å²) in [7, 11) is 4.08. The molecule has 0 aromatic heterocycles. The molecule has 1 atom stereocenters. The molecule has 6 nitrogen and oxygen atoms in total. The first-order valence-electron chi connectivity index (χ1n) is 12.1. The van der Waals surface area contributed by atoms with E-state index < -0.39 is 0 Å². The normalized spacial score (nSPS) is 20.5. The van der Waals surface area contributed by atoms with E-state index in [1.54, 1.807) is 0 Å². The first kappa shape index (κ1) is 23.6. The molecule has 1 saturated heterocycles. The van der Waals surface area contributed by atoms with Gasteiger partial charge in [0.05, 0.1) is 0 Å². The molecule has 1 aliphatic heterocycles. The van der Waals surface area contributed by atoms with Crippen molar-refractivity contribution in [3.63, 3.8) is 0 Å². The fourth-order valence-corrected chi connectivity index (χ4v) is 4.82. The summed E-state index contributed by atoms with van der Waals surface area (Å²) in [6, 6.07) is 11.2. The number of benzene rings is 1. The number of nitrogens with zero attached hydrogens (tertiary/aromatic N) is 3. The minimum atomic E-state index is 0.274. The molecule has 1 heterocycles. The predicted molar refractivity (Wildman–Crippen MR) is 128 cm³/mol. The van der Waals surface area contributed by atoms with Gasteiger partial charge in [0.2, 0.25) is 5.91 Å². The lowest BCUT2D eigenvalue weighted by molar-refractivity contribution is -0.127. The number of carbonyl (C=O) groups is 1. The number of likely N-dealkylation sites (tertiary alicyclic amines) is 1. The highest BCUT2D eigenvalue weighted by molar-refractivity contribution is 5.80. The zero-order valence-corrected chi connectivity index (χ0v) is 19.5. The summed E-state index contributed by atoms with van der Waals surface area (Å²) in [5.74, 6) is 1.46. The Morgan fingerprint density at radius 1 is 1.16 bits per heavy atom. The molecule has 31 heavy (non-hydrogen) atoms. The van der Waals surface area contributed by atoms with Crippen LogP contribution in [-0.2, 0) is 11.2 Å². The molecule has 3 rings (SSSR count). The van der Waals surface area contributed by atoms with Crippen LogP contribution in [0.2, 0.25) is 0 Å². The van der Waals surface area contributed by atoms with Crippen molar-refractivity contribution in [1.82, 2.24) is 20.4 Å². The topological polar surface area (TPSA) is 60.0 Å². The first-order chi connectivity index (χ1) is 15.2. The van der Waals surface area contributed by atoms with E-state index in [1.165, 1.54) is 37.7 Å². The van der Waals surface area contributed by atoms with Crippen LogP contribution in [-0.4, -0.2) is 74.5 Å². The molecule has 6 heteroatoms. The highest BCUT2D eigenvalue weighted by Crippen LogP contribution is 2.21. The van der Waals surface area contributed by atoms with Crippen LogP contribution in [0.3, 0.4) is 0 Å². The Hall–Kier alpha value is -2.08. The molecule has 1 aromatic rings. The third-order valence-electron chi connectivity index (χ3n) is 6.77. The fraction of sp³-hybridized carbons (Fsp3) is 0.680. The number of hydrogen-bond acceptors (Lipinski definition) is 3. The van der Waals surface area contributed by atoms with Crippen LogP contribution in [0.1, 0.15) is 50.5 Å². The quantitative estimate of drug-likeness (QED) is 0.342. The summed E-state index contributed by atoms with van der Waals surface area (Å²) >= 11 is 0. The monoisotopic (exact) mass is 427 g/mol. The van der Waals surface area contributed by atoms with Crippen molar-refractivity contribution < 1.29 is 4.79 Å². The maximum Gasteiger partial charge on any atom is 0.223 e. The van der Waals surface area contributed by atoms with Crippen molar-refractivity contribution in [2.24, 2.45) is 10.9 Å². The smallest absolute Gasteiger partial charge is 0.223 e. The van der Waals surface area contributed by atoms with E-state index in [2.05, 4.69) is 51.8 Å². The minimum absolute atomic E-state index is 0.274. The number of carbonyl (C=O) groups excluding carboxylic acids is 1. The average Bonchev–Trinajstić information content (AvgIpc) is 3.17. The number of rotatable bonds is 10. The summed E-state index contributed by atoms with van der Waals surface area (Å²) in [4.78, 5) is 21.3. The van der Waals surface area contributed by atoms with Crippen LogP contribution in [0, 0.1) is 5.92 Å². The second-order valence-electron chi connectivity index (χ2n) is 9.15. The van der Waals surface area contributed by atoms with Gasteiger partial charge in [0, 0.05) is 51.6 Å². The van der Waals surface area contributed by atoms with Crippen molar-refractivity contribution in [3.05, 3.63) is 35.9 Å². The Labute approximate surface area is 188 Å². The zero-order chi connectivity index (χ0) is 21.9. The predicted octanol–water partition coefficient (Wildman–Crippen LogP) is 2.90. The summed E-state index contributed by atoms with van der Waals surface area (Å²) in [6.07, 6.45) is 9.56. The Morgan fingerprint density at radius 2 is 1.94 bits per heavy atom. The van der Waals surface area contributed by atoms with Gasteiger partial charge in [-0.25, -0.2) is 0 Å². The van der Waals surface area contributed by atoms with Crippen LogP contribution >= 0.6 is 0 Å². The van der Waals surface area contributed by atoms with Gasteiger partial charge in [0.25, 0.3) is 0 Å². The van der Waals surface area contributed by atoms with Gasteiger partial charge in [-0.2, -0.15) is 0 Å². The van der Waals surface area contributed by atoms with Crippen molar-refractivity contribution >= 4 is 11.9 Å². The third kappa shape index (κ3) is 7.84. The molecular formula is C25H41N5O. The van der Waals surface area contributed by atoms with Crippen molar-refractivity contribution in [2.75, 3.05) is 46.8 Å². The van der Waals surface area contributed by atoms with Gasteiger partial charge in [-0.15, -0.1) is 0 Å². The number of guanidine groups is 1. The molecule has 2 aliphatic rings. The van der Waals surface area contributed by atoms with Crippen molar-refractivity contribution in [1.29, 1.82) is 0 Å². The maximum atomic E-state index is 12.4. The van der Waals surface area contributed by atoms with Gasteiger partial charge >= 0.3 is 0 Å². The zero-order valence-electron chi connectivity index (χ0n) is 19.5. The Balaban J connectivity index is 1.29. The average molecular weight is 428 g/mol. The van der Waals surface area contributed by atoms with Crippen LogP contribution in [0.15, 0.2) is 35.3 Å². The van der Waals surface area contributed by atoms with E-state index >= 15 is 0 Å². The molecule has 0 spiro atoms. The van der Waals surface area contributed by atoms with Gasteiger partial charge < -0.3 is 20.4 Å².